The minimum atomic E-state index is -0.281. The number of nitrogens with zero attached hydrogens (tertiary/aromatic N) is 2. The van der Waals surface area contributed by atoms with Crippen molar-refractivity contribution >= 4 is 16.9 Å². The molecule has 2 aromatic rings. The van der Waals surface area contributed by atoms with Gasteiger partial charge in [0, 0.05) is 24.9 Å². The van der Waals surface area contributed by atoms with Crippen LogP contribution in [-0.4, -0.2) is 40.8 Å². The molecular formula is C17H22N2O3. The number of hydrogen-bond acceptors (Lipinski definition) is 4. The van der Waals surface area contributed by atoms with E-state index in [1.165, 1.54) is 0 Å². The number of benzene rings is 1. The van der Waals surface area contributed by atoms with E-state index in [9.17, 15) is 9.90 Å². The minimum Gasteiger partial charge on any atom is -0.393 e. The Bertz CT molecular complexity index is 652. The Balaban J connectivity index is 1.63. The zero-order chi connectivity index (χ0) is 15.5. The van der Waals surface area contributed by atoms with Gasteiger partial charge in [-0.05, 0) is 25.0 Å². The number of aliphatic hydroxyl groups is 1. The van der Waals surface area contributed by atoms with Crippen LogP contribution in [0.25, 0.3) is 11.0 Å². The zero-order valence-corrected chi connectivity index (χ0v) is 12.9. The first-order valence-electron chi connectivity index (χ1n) is 7.90. The molecule has 1 saturated carbocycles. The fourth-order valence-corrected chi connectivity index (χ4v) is 3.20. The lowest BCUT2D eigenvalue weighted by molar-refractivity contribution is -0.130. The second-order valence-electron chi connectivity index (χ2n) is 6.19. The summed E-state index contributed by atoms with van der Waals surface area (Å²) in [6.07, 6.45) is 4.01. The molecule has 5 nitrogen and oxygen atoms in total. The average molecular weight is 302 g/mol. The first-order chi connectivity index (χ1) is 10.6. The van der Waals surface area contributed by atoms with E-state index in [4.69, 9.17) is 4.52 Å². The van der Waals surface area contributed by atoms with E-state index in [1.54, 1.807) is 11.9 Å². The molecule has 2 atom stereocenters. The summed E-state index contributed by atoms with van der Waals surface area (Å²) >= 11 is 0. The molecule has 1 aromatic carbocycles. The summed E-state index contributed by atoms with van der Waals surface area (Å²) in [5.41, 5.74) is 1.38. The summed E-state index contributed by atoms with van der Waals surface area (Å²) < 4.78 is 5.24. The number of rotatable bonds is 4. The molecule has 0 radical (unpaired) electrons. The van der Waals surface area contributed by atoms with Gasteiger partial charge in [-0.1, -0.05) is 30.1 Å². The number of hydrogen-bond donors (Lipinski definition) is 1. The topological polar surface area (TPSA) is 66.6 Å². The van der Waals surface area contributed by atoms with Crippen LogP contribution in [-0.2, 0) is 11.2 Å². The Labute approximate surface area is 129 Å². The first kappa shape index (κ1) is 15.0. The molecule has 0 saturated heterocycles. The summed E-state index contributed by atoms with van der Waals surface area (Å²) in [5, 5.41) is 14.9. The highest BCUT2D eigenvalue weighted by Crippen LogP contribution is 2.25. The van der Waals surface area contributed by atoms with Crippen molar-refractivity contribution in [3.63, 3.8) is 0 Å². The van der Waals surface area contributed by atoms with Gasteiger partial charge in [-0.15, -0.1) is 0 Å². The Morgan fingerprint density at radius 1 is 1.36 bits per heavy atom. The quantitative estimate of drug-likeness (QED) is 0.941. The van der Waals surface area contributed by atoms with Gasteiger partial charge in [0.15, 0.2) is 5.58 Å². The average Bonchev–Trinajstić information content (AvgIpc) is 2.93. The third kappa shape index (κ3) is 3.14. The minimum absolute atomic E-state index is 0.0110. The molecule has 1 aromatic heterocycles. The van der Waals surface area contributed by atoms with Crippen molar-refractivity contribution in [2.45, 2.75) is 38.2 Å². The monoisotopic (exact) mass is 302 g/mol. The van der Waals surface area contributed by atoms with E-state index >= 15 is 0 Å². The van der Waals surface area contributed by atoms with Gasteiger partial charge in [0.25, 0.3) is 0 Å². The fraction of sp³-hybridized carbons (Fsp3) is 0.529. The van der Waals surface area contributed by atoms with E-state index in [0.29, 0.717) is 17.8 Å². The van der Waals surface area contributed by atoms with Crippen LogP contribution in [0.1, 0.15) is 31.4 Å². The second kappa shape index (κ2) is 6.48. The van der Waals surface area contributed by atoms with Crippen LogP contribution in [0.3, 0.4) is 0 Å². The summed E-state index contributed by atoms with van der Waals surface area (Å²) in [6, 6.07) is 7.56. The van der Waals surface area contributed by atoms with E-state index in [0.717, 1.165) is 31.1 Å². The summed E-state index contributed by atoms with van der Waals surface area (Å²) in [6.45, 7) is 0.607. The molecule has 5 heteroatoms. The van der Waals surface area contributed by atoms with Crippen molar-refractivity contribution in [1.82, 2.24) is 10.1 Å². The number of amides is 1. The Morgan fingerprint density at radius 2 is 2.14 bits per heavy atom. The third-order valence-corrected chi connectivity index (χ3v) is 4.57. The largest absolute Gasteiger partial charge is 0.393 e. The lowest BCUT2D eigenvalue weighted by atomic mass is 9.86. The molecule has 118 valence electrons. The molecule has 22 heavy (non-hydrogen) atoms. The fourth-order valence-electron chi connectivity index (χ4n) is 3.20. The summed E-state index contributed by atoms with van der Waals surface area (Å²) in [7, 11) is 1.80. The molecule has 3 rings (SSSR count). The SMILES string of the molecule is CN(CC1CCCCC1O)C(=O)Cc1noc2ccccc12. The van der Waals surface area contributed by atoms with Crippen molar-refractivity contribution in [3.05, 3.63) is 30.0 Å². The molecule has 1 N–H and O–H groups in total. The number of carbonyl (C=O) groups is 1. The molecular weight excluding hydrogens is 280 g/mol. The van der Waals surface area contributed by atoms with E-state index < -0.39 is 0 Å². The molecule has 0 aliphatic heterocycles. The van der Waals surface area contributed by atoms with Crippen LogP contribution in [0, 0.1) is 5.92 Å². The highest BCUT2D eigenvalue weighted by atomic mass is 16.5. The van der Waals surface area contributed by atoms with Crippen LogP contribution < -0.4 is 0 Å². The van der Waals surface area contributed by atoms with Gasteiger partial charge in [0.2, 0.25) is 5.91 Å². The van der Waals surface area contributed by atoms with E-state index in [2.05, 4.69) is 5.16 Å². The third-order valence-electron chi connectivity index (χ3n) is 4.57. The maximum absolute atomic E-state index is 12.4. The lowest BCUT2D eigenvalue weighted by Crippen LogP contribution is -2.38. The van der Waals surface area contributed by atoms with Gasteiger partial charge in [-0.2, -0.15) is 0 Å². The molecule has 1 fully saturated rings. The molecule has 0 spiro atoms. The zero-order valence-electron chi connectivity index (χ0n) is 12.9. The maximum Gasteiger partial charge on any atom is 0.228 e. The number of carbonyl (C=O) groups excluding carboxylic acids is 1. The highest BCUT2D eigenvalue weighted by Gasteiger charge is 2.26. The van der Waals surface area contributed by atoms with Crippen molar-refractivity contribution < 1.29 is 14.4 Å². The molecule has 1 heterocycles. The number of aliphatic hydroxyl groups excluding tert-OH is 1. The molecule has 1 aliphatic rings. The maximum atomic E-state index is 12.4. The molecule has 0 bridgehead atoms. The van der Waals surface area contributed by atoms with Crippen molar-refractivity contribution in [2.24, 2.45) is 5.92 Å². The summed E-state index contributed by atoms with van der Waals surface area (Å²) in [4.78, 5) is 14.1. The number of likely N-dealkylation sites (N-methyl/N-ethyl adjacent to an activating group) is 1. The van der Waals surface area contributed by atoms with Gasteiger partial charge in [0.1, 0.15) is 5.69 Å². The van der Waals surface area contributed by atoms with Crippen molar-refractivity contribution in [3.8, 4) is 0 Å². The van der Waals surface area contributed by atoms with Crippen LogP contribution in [0.5, 0.6) is 0 Å². The van der Waals surface area contributed by atoms with Gasteiger partial charge >= 0.3 is 0 Å². The van der Waals surface area contributed by atoms with E-state index in [-0.39, 0.29) is 24.3 Å². The number of fused-ring (bicyclic) bond motifs is 1. The normalized spacial score (nSPS) is 21.9. The van der Waals surface area contributed by atoms with Gasteiger partial charge in [-0.3, -0.25) is 4.79 Å². The standard InChI is InChI=1S/C17H22N2O3/c1-19(11-12-6-2-4-8-15(12)20)17(21)10-14-13-7-3-5-9-16(13)22-18-14/h3,5,7,9,12,15,20H,2,4,6,8,10-11H2,1H3. The smallest absolute Gasteiger partial charge is 0.228 e. The predicted molar refractivity (Wildman–Crippen MR) is 83.3 cm³/mol. The Morgan fingerprint density at radius 3 is 2.95 bits per heavy atom. The first-order valence-corrected chi connectivity index (χ1v) is 7.90. The van der Waals surface area contributed by atoms with E-state index in [1.807, 2.05) is 24.3 Å². The number of aromatic nitrogens is 1. The highest BCUT2D eigenvalue weighted by molar-refractivity contribution is 5.86. The summed E-state index contributed by atoms with van der Waals surface area (Å²) in [5.74, 6) is 0.202. The molecule has 1 aliphatic carbocycles. The molecule has 1 amide bonds. The molecule has 2 unspecified atom stereocenters. The van der Waals surface area contributed by atoms with Crippen LogP contribution in [0.2, 0.25) is 0 Å². The van der Waals surface area contributed by atoms with Gasteiger partial charge in [-0.25, -0.2) is 0 Å². The van der Waals surface area contributed by atoms with Crippen LogP contribution in [0.4, 0.5) is 0 Å². The lowest BCUT2D eigenvalue weighted by Gasteiger charge is -2.31. The van der Waals surface area contributed by atoms with Gasteiger partial charge < -0.3 is 14.5 Å². The predicted octanol–water partition coefficient (Wildman–Crippen LogP) is 2.38. The Kier molecular flexibility index (Phi) is 4.43. The van der Waals surface area contributed by atoms with Crippen molar-refractivity contribution in [2.75, 3.05) is 13.6 Å². The Hall–Kier alpha value is -1.88. The van der Waals surface area contributed by atoms with Gasteiger partial charge in [0.05, 0.1) is 12.5 Å². The van der Waals surface area contributed by atoms with Crippen molar-refractivity contribution in [1.29, 1.82) is 0 Å². The van der Waals surface area contributed by atoms with Crippen LogP contribution >= 0.6 is 0 Å². The number of para-hydroxylation sites is 1. The van der Waals surface area contributed by atoms with Crippen LogP contribution in [0.15, 0.2) is 28.8 Å². The second-order valence-corrected chi connectivity index (χ2v) is 6.19.